The fourth-order valence-corrected chi connectivity index (χ4v) is 4.22. The summed E-state index contributed by atoms with van der Waals surface area (Å²) >= 11 is 0. The smallest absolute Gasteiger partial charge is 0.411 e. The van der Waals surface area contributed by atoms with Gasteiger partial charge in [-0.15, -0.1) is 0 Å². The predicted octanol–water partition coefficient (Wildman–Crippen LogP) is 5.14. The Kier molecular flexibility index (Phi) is 7.38. The zero-order valence-corrected chi connectivity index (χ0v) is 20.9. The molecule has 7 heteroatoms. The molecule has 3 aromatic rings. The Bertz CT molecular complexity index is 1250. The molecule has 1 saturated heterocycles. The average Bonchev–Trinajstić information content (AvgIpc) is 3.16. The first-order valence-electron chi connectivity index (χ1n) is 12.0. The van der Waals surface area contributed by atoms with Gasteiger partial charge in [-0.1, -0.05) is 59.7 Å². The minimum absolute atomic E-state index is 0.0886. The second-order valence-electron chi connectivity index (χ2n) is 9.47. The molecule has 3 aromatic carbocycles. The Labute approximate surface area is 211 Å². The Morgan fingerprint density at radius 3 is 2.28 bits per heavy atom. The van der Waals surface area contributed by atoms with Gasteiger partial charge in [0.1, 0.15) is 0 Å². The maximum Gasteiger partial charge on any atom is 0.411 e. The normalized spacial score (nSPS) is 17.1. The third kappa shape index (κ3) is 5.74. The first-order valence-corrected chi connectivity index (χ1v) is 12.0. The molecule has 3 amide bonds. The summed E-state index contributed by atoms with van der Waals surface area (Å²) in [7, 11) is 0. The van der Waals surface area contributed by atoms with Crippen LogP contribution in [0.1, 0.15) is 52.6 Å². The highest BCUT2D eigenvalue weighted by Crippen LogP contribution is 2.34. The summed E-state index contributed by atoms with van der Waals surface area (Å²) in [4.78, 5) is 40.2. The van der Waals surface area contributed by atoms with Crippen LogP contribution in [0.2, 0.25) is 0 Å². The topological polar surface area (TPSA) is 87.7 Å². The van der Waals surface area contributed by atoms with Crippen molar-refractivity contribution in [2.24, 2.45) is 0 Å². The number of cyclic esters (lactones) is 1. The number of nitrogens with one attached hydrogen (secondary N) is 2. The van der Waals surface area contributed by atoms with Crippen molar-refractivity contribution >= 4 is 23.6 Å². The van der Waals surface area contributed by atoms with Gasteiger partial charge in [-0.3, -0.25) is 14.5 Å². The number of ether oxygens (including phenoxy) is 1. The fraction of sp³-hybridized carbons (Fsp3) is 0.276. The Morgan fingerprint density at radius 2 is 1.64 bits per heavy atom. The van der Waals surface area contributed by atoms with Crippen LogP contribution in [0.4, 0.5) is 10.5 Å². The number of benzene rings is 3. The molecular weight excluding hydrogens is 454 g/mol. The molecule has 0 aliphatic carbocycles. The highest BCUT2D eigenvalue weighted by Gasteiger charge is 2.47. The molecule has 0 bridgehead atoms. The van der Waals surface area contributed by atoms with E-state index in [4.69, 9.17) is 4.74 Å². The van der Waals surface area contributed by atoms with Gasteiger partial charge in [0.2, 0.25) is 5.91 Å². The van der Waals surface area contributed by atoms with Crippen molar-refractivity contribution in [3.8, 4) is 0 Å². The third-order valence-corrected chi connectivity index (χ3v) is 6.04. The number of hydrogen-bond acceptors (Lipinski definition) is 4. The van der Waals surface area contributed by atoms with Gasteiger partial charge in [0.25, 0.3) is 5.91 Å². The number of rotatable bonds is 7. The molecule has 36 heavy (non-hydrogen) atoms. The van der Waals surface area contributed by atoms with Crippen molar-refractivity contribution in [3.05, 3.63) is 101 Å². The predicted molar refractivity (Wildman–Crippen MR) is 139 cm³/mol. The maximum atomic E-state index is 13.2. The summed E-state index contributed by atoms with van der Waals surface area (Å²) in [6.45, 7) is 7.94. The molecule has 0 aromatic heterocycles. The van der Waals surface area contributed by atoms with E-state index in [2.05, 4.69) is 10.6 Å². The van der Waals surface area contributed by atoms with E-state index >= 15 is 0 Å². The number of anilines is 1. The van der Waals surface area contributed by atoms with Crippen LogP contribution >= 0.6 is 0 Å². The van der Waals surface area contributed by atoms with Crippen LogP contribution in [0.15, 0.2) is 72.8 Å². The van der Waals surface area contributed by atoms with E-state index in [1.54, 1.807) is 30.3 Å². The van der Waals surface area contributed by atoms with Crippen molar-refractivity contribution in [2.75, 3.05) is 5.32 Å². The zero-order valence-electron chi connectivity index (χ0n) is 20.9. The lowest BCUT2D eigenvalue weighted by molar-refractivity contribution is -0.126. The van der Waals surface area contributed by atoms with Gasteiger partial charge in [0.15, 0.2) is 12.1 Å². The molecule has 2 N–H and O–H groups in total. The Morgan fingerprint density at radius 1 is 0.944 bits per heavy atom. The molecule has 0 saturated carbocycles. The number of hydrogen-bond donors (Lipinski definition) is 2. The van der Waals surface area contributed by atoms with Crippen LogP contribution in [-0.4, -0.2) is 34.9 Å². The van der Waals surface area contributed by atoms with Crippen LogP contribution in [0.5, 0.6) is 0 Å². The Balaban J connectivity index is 1.55. The van der Waals surface area contributed by atoms with Crippen LogP contribution in [0.25, 0.3) is 0 Å². The highest BCUT2D eigenvalue weighted by atomic mass is 16.6. The van der Waals surface area contributed by atoms with Gasteiger partial charge in [0.05, 0.1) is 6.54 Å². The van der Waals surface area contributed by atoms with Crippen LogP contribution in [0, 0.1) is 13.8 Å². The van der Waals surface area contributed by atoms with Crippen molar-refractivity contribution in [3.63, 3.8) is 0 Å². The average molecular weight is 486 g/mol. The van der Waals surface area contributed by atoms with E-state index in [0.29, 0.717) is 16.8 Å². The van der Waals surface area contributed by atoms with E-state index in [1.165, 1.54) is 4.90 Å². The molecule has 1 aliphatic heterocycles. The van der Waals surface area contributed by atoms with E-state index in [0.717, 1.165) is 16.7 Å². The Hall–Kier alpha value is -4.13. The SMILES string of the molecule is Cc1ccc(CN2C(=O)O[C@H](c3ccc(NC(=O)c4cccc(C)c4)cc3)[C@@H]2C(=O)NC(C)C)cc1. The number of carbonyl (C=O) groups is 3. The van der Waals surface area contributed by atoms with Crippen LogP contribution in [-0.2, 0) is 16.1 Å². The second-order valence-corrected chi connectivity index (χ2v) is 9.47. The summed E-state index contributed by atoms with van der Waals surface area (Å²) in [6, 6.07) is 21.3. The van der Waals surface area contributed by atoms with Gasteiger partial charge >= 0.3 is 6.09 Å². The molecule has 0 radical (unpaired) electrons. The van der Waals surface area contributed by atoms with Gasteiger partial charge in [0, 0.05) is 17.3 Å². The first kappa shape index (κ1) is 25.0. The molecule has 1 aliphatic rings. The lowest BCUT2D eigenvalue weighted by Crippen LogP contribution is -2.48. The molecule has 186 valence electrons. The summed E-state index contributed by atoms with van der Waals surface area (Å²) in [6.07, 6.45) is -1.32. The monoisotopic (exact) mass is 485 g/mol. The van der Waals surface area contributed by atoms with E-state index in [9.17, 15) is 14.4 Å². The minimum Gasteiger partial charge on any atom is -0.438 e. The minimum atomic E-state index is -0.825. The number of amides is 3. The van der Waals surface area contributed by atoms with Gasteiger partial charge < -0.3 is 15.4 Å². The molecular formula is C29H31N3O4. The molecule has 1 fully saturated rings. The molecule has 0 spiro atoms. The quantitative estimate of drug-likeness (QED) is 0.485. The maximum absolute atomic E-state index is 13.2. The summed E-state index contributed by atoms with van der Waals surface area (Å²) in [5.74, 6) is -0.484. The molecule has 4 rings (SSSR count). The van der Waals surface area contributed by atoms with E-state index in [1.807, 2.05) is 70.2 Å². The van der Waals surface area contributed by atoms with E-state index < -0.39 is 18.2 Å². The van der Waals surface area contributed by atoms with Crippen molar-refractivity contribution in [1.29, 1.82) is 0 Å². The van der Waals surface area contributed by atoms with Crippen molar-refractivity contribution in [1.82, 2.24) is 10.2 Å². The molecule has 0 unspecified atom stereocenters. The summed E-state index contributed by atoms with van der Waals surface area (Å²) in [5.41, 5.74) is 4.88. The van der Waals surface area contributed by atoms with Crippen LogP contribution < -0.4 is 10.6 Å². The van der Waals surface area contributed by atoms with Gasteiger partial charge in [-0.05, 0) is 63.1 Å². The van der Waals surface area contributed by atoms with Gasteiger partial charge in [-0.25, -0.2) is 4.79 Å². The summed E-state index contributed by atoms with van der Waals surface area (Å²) < 4.78 is 5.71. The fourth-order valence-electron chi connectivity index (χ4n) is 4.22. The first-order chi connectivity index (χ1) is 17.2. The molecule has 1 heterocycles. The highest BCUT2D eigenvalue weighted by molar-refractivity contribution is 6.04. The number of aryl methyl sites for hydroxylation is 2. The second kappa shape index (κ2) is 10.6. The zero-order chi connectivity index (χ0) is 25.8. The van der Waals surface area contributed by atoms with Crippen molar-refractivity contribution in [2.45, 2.75) is 52.4 Å². The van der Waals surface area contributed by atoms with Crippen LogP contribution in [0.3, 0.4) is 0 Å². The standard InChI is InChI=1S/C29H31N3O4/c1-18(2)30-28(34)25-26(36-29(35)32(25)17-21-10-8-19(3)9-11-21)22-12-14-24(15-13-22)31-27(33)23-7-5-6-20(4)16-23/h5-16,18,25-26H,17H2,1-4H3,(H,30,34)(H,31,33)/t25-,26-/m1/s1. The van der Waals surface area contributed by atoms with Gasteiger partial charge in [-0.2, -0.15) is 0 Å². The van der Waals surface area contributed by atoms with Crippen molar-refractivity contribution < 1.29 is 19.1 Å². The number of carbonyl (C=O) groups excluding carboxylic acids is 3. The number of nitrogens with zero attached hydrogens (tertiary/aromatic N) is 1. The largest absolute Gasteiger partial charge is 0.438 e. The third-order valence-electron chi connectivity index (χ3n) is 6.04. The summed E-state index contributed by atoms with van der Waals surface area (Å²) in [5, 5.41) is 5.80. The molecule has 7 nitrogen and oxygen atoms in total. The van der Waals surface area contributed by atoms with E-state index in [-0.39, 0.29) is 24.4 Å². The lowest BCUT2D eigenvalue weighted by atomic mass is 10.00. The molecule has 2 atom stereocenters. The lowest BCUT2D eigenvalue weighted by Gasteiger charge is -2.25.